The number of carbonyl (C=O) groups excluding carboxylic acids is 3. The minimum atomic E-state index is -1.06. The molecule has 2 fully saturated rings. The Morgan fingerprint density at radius 1 is 1.15 bits per heavy atom. The molecule has 3 aliphatic heterocycles. The largest absolute Gasteiger partial charge is 0.326 e. The number of nitrogens with two attached hydrogens (primary N) is 1. The molecule has 0 radical (unpaired) electrons. The number of nitrogens with one attached hydrogen (secondary N) is 1. The highest BCUT2D eigenvalue weighted by molar-refractivity contribution is 6.14. The van der Waals surface area contributed by atoms with E-state index in [1.807, 2.05) is 51.2 Å². The molecule has 3 N–H and O–H groups in total. The van der Waals surface area contributed by atoms with Gasteiger partial charge in [0.15, 0.2) is 0 Å². The number of fused-ring (bicyclic) bond motifs is 4. The van der Waals surface area contributed by atoms with E-state index < -0.39 is 22.9 Å². The van der Waals surface area contributed by atoms with Crippen LogP contribution in [0.25, 0.3) is 0 Å². The van der Waals surface area contributed by atoms with E-state index in [0.717, 1.165) is 16.8 Å². The highest BCUT2D eigenvalue weighted by atomic mass is 16.2. The number of hydrogen-bond acceptors (Lipinski definition) is 3. The topological polar surface area (TPSA) is 83.1 Å². The first-order valence-corrected chi connectivity index (χ1v) is 9.67. The number of hydrogen-bond donors (Lipinski definition) is 2. The molecule has 0 aromatic heterocycles. The van der Waals surface area contributed by atoms with Crippen LogP contribution in [0.5, 0.6) is 0 Å². The maximum absolute atomic E-state index is 13.5. The molecule has 3 amide bonds. The molecule has 0 bridgehead atoms. The average Bonchev–Trinajstić information content (AvgIpc) is 3.13. The lowest BCUT2D eigenvalue weighted by Gasteiger charge is -2.33. The van der Waals surface area contributed by atoms with Crippen molar-refractivity contribution in [1.82, 2.24) is 4.90 Å². The predicted octanol–water partition coefficient (Wildman–Crippen LogP) is 1.14. The van der Waals surface area contributed by atoms with E-state index in [-0.39, 0.29) is 29.7 Å². The molecule has 4 rings (SSSR count). The summed E-state index contributed by atoms with van der Waals surface area (Å²) in [5, 5.41) is 5.01. The second-order valence-electron chi connectivity index (χ2n) is 9.49. The summed E-state index contributed by atoms with van der Waals surface area (Å²) in [5.74, 6) is -1.52. The van der Waals surface area contributed by atoms with Crippen molar-refractivity contribution >= 4 is 23.4 Å². The number of carbonyl (C=O) groups is 3. The molecule has 3 heterocycles. The lowest BCUT2D eigenvalue weighted by atomic mass is 9.75. The Labute approximate surface area is 159 Å². The summed E-state index contributed by atoms with van der Waals surface area (Å²) in [6.45, 7) is 11.7. The summed E-state index contributed by atoms with van der Waals surface area (Å²) in [6, 6.07) is 5.68. The van der Waals surface area contributed by atoms with Gasteiger partial charge in [-0.2, -0.15) is 0 Å². The molecule has 0 aliphatic carbocycles. The summed E-state index contributed by atoms with van der Waals surface area (Å²) < 4.78 is 0. The zero-order valence-electron chi connectivity index (χ0n) is 16.8. The minimum absolute atomic E-state index is 0.115. The number of likely N-dealkylation sites (tertiary alicyclic amines) is 1. The Morgan fingerprint density at radius 2 is 1.81 bits per heavy atom. The third-order valence-corrected chi connectivity index (χ3v) is 6.49. The molecule has 1 aromatic carbocycles. The van der Waals surface area contributed by atoms with Crippen LogP contribution in [-0.2, 0) is 19.9 Å². The summed E-state index contributed by atoms with van der Waals surface area (Å²) in [5.41, 5.74) is 0.929. The van der Waals surface area contributed by atoms with Crippen LogP contribution in [0.2, 0.25) is 0 Å². The molecule has 6 nitrogen and oxygen atoms in total. The van der Waals surface area contributed by atoms with Gasteiger partial charge in [0, 0.05) is 17.0 Å². The monoisotopic (exact) mass is 370 g/mol. The highest BCUT2D eigenvalue weighted by Gasteiger charge is 2.75. The van der Waals surface area contributed by atoms with Crippen molar-refractivity contribution in [2.75, 3.05) is 5.32 Å². The van der Waals surface area contributed by atoms with E-state index in [1.165, 1.54) is 4.90 Å². The van der Waals surface area contributed by atoms with Gasteiger partial charge in [0.25, 0.3) is 5.91 Å². The van der Waals surface area contributed by atoms with Gasteiger partial charge >= 0.3 is 0 Å². The standard InChI is InChI=1S/C21H27N3O3/c1-10(2)15-13-14(18(26)24(17(13)25)20(4,5)6)21(23-15)12-9-7-8-11(3)16(12)22-19(21)27/h7-10,13-15,23H,1-6H3,(H,22,27)/p+1/t13-,14-,15-,21+/m0/s1. The lowest BCUT2D eigenvalue weighted by Crippen LogP contribution is -2.99. The molecule has 144 valence electrons. The van der Waals surface area contributed by atoms with Crippen LogP contribution in [-0.4, -0.2) is 34.2 Å². The molecular formula is C21H28N3O3+. The van der Waals surface area contributed by atoms with Gasteiger partial charge < -0.3 is 10.6 Å². The fraction of sp³-hybridized carbons (Fsp3) is 0.571. The Bertz CT molecular complexity index is 870. The van der Waals surface area contributed by atoms with Crippen molar-refractivity contribution in [2.45, 2.75) is 58.7 Å². The second kappa shape index (κ2) is 5.41. The van der Waals surface area contributed by atoms with Gasteiger partial charge in [0.2, 0.25) is 17.4 Å². The van der Waals surface area contributed by atoms with E-state index in [9.17, 15) is 14.4 Å². The van der Waals surface area contributed by atoms with Gasteiger partial charge in [-0.05, 0) is 33.3 Å². The first-order chi connectivity index (χ1) is 12.5. The fourth-order valence-corrected chi connectivity index (χ4v) is 5.33. The number of amides is 3. The molecule has 1 spiro atoms. The summed E-state index contributed by atoms with van der Waals surface area (Å²) in [4.78, 5) is 41.6. The number of benzene rings is 1. The Kier molecular flexibility index (Phi) is 3.64. The lowest BCUT2D eigenvalue weighted by molar-refractivity contribution is -0.738. The first-order valence-electron chi connectivity index (χ1n) is 9.67. The number of para-hydroxylation sites is 1. The zero-order chi connectivity index (χ0) is 19.9. The van der Waals surface area contributed by atoms with E-state index >= 15 is 0 Å². The number of imide groups is 1. The Hall–Kier alpha value is -2.21. The van der Waals surface area contributed by atoms with Crippen LogP contribution >= 0.6 is 0 Å². The normalized spacial score (nSPS) is 32.5. The SMILES string of the molecule is Cc1cccc2c1NC(=O)[C@@]21[NH2+][C@@H](C(C)C)[C@H]2C(=O)N(C(C)(C)C)C(=O)[C@H]21. The van der Waals surface area contributed by atoms with E-state index in [0.29, 0.717) is 0 Å². The van der Waals surface area contributed by atoms with Gasteiger partial charge in [-0.15, -0.1) is 0 Å². The number of anilines is 1. The molecule has 1 aromatic rings. The number of rotatable bonds is 1. The molecule has 4 atom stereocenters. The molecule has 2 saturated heterocycles. The number of aryl methyl sites for hydroxylation is 1. The van der Waals surface area contributed by atoms with Crippen molar-refractivity contribution in [3.63, 3.8) is 0 Å². The summed E-state index contributed by atoms with van der Waals surface area (Å²) in [7, 11) is 0. The fourth-order valence-electron chi connectivity index (χ4n) is 5.33. The molecule has 27 heavy (non-hydrogen) atoms. The second-order valence-corrected chi connectivity index (χ2v) is 9.49. The van der Waals surface area contributed by atoms with Crippen LogP contribution in [0.4, 0.5) is 5.69 Å². The quantitative estimate of drug-likeness (QED) is 0.728. The highest BCUT2D eigenvalue weighted by Crippen LogP contribution is 2.51. The van der Waals surface area contributed by atoms with Crippen LogP contribution in [0, 0.1) is 24.7 Å². The first kappa shape index (κ1) is 18.2. The predicted molar refractivity (Wildman–Crippen MR) is 101 cm³/mol. The van der Waals surface area contributed by atoms with Gasteiger partial charge in [-0.3, -0.25) is 19.3 Å². The third-order valence-electron chi connectivity index (χ3n) is 6.49. The molecule has 6 heteroatoms. The molecule has 0 unspecified atom stereocenters. The van der Waals surface area contributed by atoms with Gasteiger partial charge in [0.05, 0.1) is 5.69 Å². The van der Waals surface area contributed by atoms with Crippen LogP contribution in [0.15, 0.2) is 18.2 Å². The van der Waals surface area contributed by atoms with Crippen LogP contribution in [0.3, 0.4) is 0 Å². The van der Waals surface area contributed by atoms with Gasteiger partial charge in [-0.25, -0.2) is 0 Å². The third kappa shape index (κ3) is 2.13. The van der Waals surface area contributed by atoms with Crippen molar-refractivity contribution in [1.29, 1.82) is 0 Å². The van der Waals surface area contributed by atoms with Crippen molar-refractivity contribution in [2.24, 2.45) is 17.8 Å². The zero-order valence-corrected chi connectivity index (χ0v) is 16.8. The maximum atomic E-state index is 13.5. The number of nitrogens with zero attached hydrogens (tertiary/aromatic N) is 1. The van der Waals surface area contributed by atoms with Crippen molar-refractivity contribution in [3.05, 3.63) is 29.3 Å². The Balaban J connectivity index is 1.95. The van der Waals surface area contributed by atoms with E-state index in [2.05, 4.69) is 19.2 Å². The maximum Gasteiger partial charge on any atom is 0.291 e. The Morgan fingerprint density at radius 3 is 2.41 bits per heavy atom. The van der Waals surface area contributed by atoms with E-state index in [4.69, 9.17) is 0 Å². The molecule has 3 aliphatic rings. The molecule has 0 saturated carbocycles. The van der Waals surface area contributed by atoms with Crippen molar-refractivity contribution in [3.8, 4) is 0 Å². The average molecular weight is 370 g/mol. The van der Waals surface area contributed by atoms with Crippen LogP contribution < -0.4 is 10.6 Å². The van der Waals surface area contributed by atoms with Gasteiger partial charge in [-0.1, -0.05) is 32.0 Å². The van der Waals surface area contributed by atoms with Crippen molar-refractivity contribution < 1.29 is 19.7 Å². The van der Waals surface area contributed by atoms with Gasteiger partial charge in [0.1, 0.15) is 17.9 Å². The smallest absolute Gasteiger partial charge is 0.291 e. The van der Waals surface area contributed by atoms with E-state index in [1.54, 1.807) is 0 Å². The number of quaternary nitrogens is 1. The molecular weight excluding hydrogens is 342 g/mol. The summed E-state index contributed by atoms with van der Waals surface area (Å²) in [6.07, 6.45) is 0. The van der Waals surface area contributed by atoms with Crippen LogP contribution in [0.1, 0.15) is 45.7 Å². The summed E-state index contributed by atoms with van der Waals surface area (Å²) >= 11 is 0. The minimum Gasteiger partial charge on any atom is -0.326 e.